The highest BCUT2D eigenvalue weighted by molar-refractivity contribution is 5.83. The van der Waals surface area contributed by atoms with Crippen molar-refractivity contribution in [2.75, 3.05) is 20.1 Å². The fourth-order valence-corrected chi connectivity index (χ4v) is 3.00. The monoisotopic (exact) mass is 268 g/mol. The van der Waals surface area contributed by atoms with Crippen LogP contribution in [0.15, 0.2) is 42.5 Å². The number of hydrogen-bond donors (Lipinski definition) is 1. The van der Waals surface area contributed by atoms with Crippen molar-refractivity contribution in [2.24, 2.45) is 0 Å². The van der Waals surface area contributed by atoms with Crippen LogP contribution in [-0.2, 0) is 0 Å². The normalized spacial score (nSPS) is 16.8. The Morgan fingerprint density at radius 3 is 2.55 bits per heavy atom. The number of hydrogen-bond acceptors (Lipinski definition) is 2. The zero-order valence-corrected chi connectivity index (χ0v) is 12.5. The van der Waals surface area contributed by atoms with Gasteiger partial charge in [-0.1, -0.05) is 43.3 Å². The fourth-order valence-electron chi connectivity index (χ4n) is 3.00. The molecule has 2 aromatic rings. The Morgan fingerprint density at radius 2 is 1.90 bits per heavy atom. The van der Waals surface area contributed by atoms with Crippen molar-refractivity contribution >= 4 is 10.8 Å². The van der Waals surface area contributed by atoms with Gasteiger partial charge in [-0.15, -0.1) is 0 Å². The number of nitrogens with one attached hydrogen (secondary N) is 1. The molecule has 0 heterocycles. The Balaban J connectivity index is 1.82. The lowest BCUT2D eigenvalue weighted by Gasteiger charge is -2.26. The lowest BCUT2D eigenvalue weighted by atomic mass is 10.0. The first-order chi connectivity index (χ1) is 9.81. The third kappa shape index (κ3) is 2.87. The first-order valence-electron chi connectivity index (χ1n) is 7.72. The van der Waals surface area contributed by atoms with Crippen LogP contribution in [0, 0.1) is 0 Å². The number of benzene rings is 2. The average molecular weight is 268 g/mol. The van der Waals surface area contributed by atoms with E-state index in [-0.39, 0.29) is 0 Å². The standard InChI is InChI=1S/C18H24N2/c1-3-20(17-10-11-17)13-18(19-2)16-9-8-14-6-4-5-7-15(14)12-16/h4-9,12,17-19H,3,10-11,13H2,1-2H3. The summed E-state index contributed by atoms with van der Waals surface area (Å²) in [6.07, 6.45) is 2.75. The minimum Gasteiger partial charge on any atom is -0.312 e. The van der Waals surface area contributed by atoms with E-state index in [0.29, 0.717) is 6.04 Å². The average Bonchev–Trinajstić information content (AvgIpc) is 3.33. The van der Waals surface area contributed by atoms with Gasteiger partial charge in [0.25, 0.3) is 0 Å². The molecular formula is C18H24N2. The minimum absolute atomic E-state index is 0.417. The summed E-state index contributed by atoms with van der Waals surface area (Å²) in [6.45, 7) is 4.53. The Morgan fingerprint density at radius 1 is 1.15 bits per heavy atom. The van der Waals surface area contributed by atoms with Gasteiger partial charge in [0.05, 0.1) is 0 Å². The molecule has 1 unspecified atom stereocenters. The van der Waals surface area contributed by atoms with Gasteiger partial charge in [0.1, 0.15) is 0 Å². The second-order valence-corrected chi connectivity index (χ2v) is 5.77. The van der Waals surface area contributed by atoms with Gasteiger partial charge in [0.15, 0.2) is 0 Å². The Hall–Kier alpha value is -1.38. The van der Waals surface area contributed by atoms with E-state index in [2.05, 4.69) is 66.7 Å². The van der Waals surface area contributed by atoms with Crippen LogP contribution in [0.1, 0.15) is 31.4 Å². The molecule has 0 radical (unpaired) electrons. The SMILES string of the molecule is CCN(CC(NC)c1ccc2ccccc2c1)C1CC1. The predicted molar refractivity (Wildman–Crippen MR) is 86.0 cm³/mol. The molecule has 0 bridgehead atoms. The highest BCUT2D eigenvalue weighted by Gasteiger charge is 2.29. The molecule has 106 valence electrons. The number of rotatable bonds is 6. The fraction of sp³-hybridized carbons (Fsp3) is 0.444. The number of nitrogens with zero attached hydrogens (tertiary/aromatic N) is 1. The van der Waals surface area contributed by atoms with E-state index < -0.39 is 0 Å². The zero-order valence-electron chi connectivity index (χ0n) is 12.5. The lowest BCUT2D eigenvalue weighted by molar-refractivity contribution is 0.249. The summed E-state index contributed by atoms with van der Waals surface area (Å²) in [4.78, 5) is 2.61. The summed E-state index contributed by atoms with van der Waals surface area (Å²) in [5.74, 6) is 0. The largest absolute Gasteiger partial charge is 0.312 e. The molecule has 2 nitrogen and oxygen atoms in total. The van der Waals surface area contributed by atoms with Gasteiger partial charge in [-0.3, -0.25) is 4.90 Å². The smallest absolute Gasteiger partial charge is 0.0447 e. The summed E-state index contributed by atoms with van der Waals surface area (Å²) >= 11 is 0. The lowest BCUT2D eigenvalue weighted by Crippen LogP contribution is -2.35. The van der Waals surface area contributed by atoms with E-state index in [0.717, 1.165) is 19.1 Å². The molecule has 0 spiro atoms. The Bertz CT molecular complexity index is 574. The molecule has 1 saturated carbocycles. The molecule has 1 atom stereocenters. The van der Waals surface area contributed by atoms with E-state index in [4.69, 9.17) is 0 Å². The van der Waals surface area contributed by atoms with Crippen molar-refractivity contribution < 1.29 is 0 Å². The van der Waals surface area contributed by atoms with Crippen LogP contribution in [-0.4, -0.2) is 31.1 Å². The predicted octanol–water partition coefficient (Wildman–Crippen LogP) is 3.58. The molecular weight excluding hydrogens is 244 g/mol. The Kier molecular flexibility index (Phi) is 4.04. The summed E-state index contributed by atoms with van der Waals surface area (Å²) < 4.78 is 0. The van der Waals surface area contributed by atoms with Crippen molar-refractivity contribution in [1.82, 2.24) is 10.2 Å². The van der Waals surface area contributed by atoms with Crippen molar-refractivity contribution in [3.63, 3.8) is 0 Å². The Labute approximate surface area is 121 Å². The second kappa shape index (κ2) is 5.94. The van der Waals surface area contributed by atoms with Crippen LogP contribution in [0.4, 0.5) is 0 Å². The van der Waals surface area contributed by atoms with Crippen LogP contribution in [0.5, 0.6) is 0 Å². The van der Waals surface area contributed by atoms with Crippen LogP contribution in [0.25, 0.3) is 10.8 Å². The van der Waals surface area contributed by atoms with E-state index in [1.165, 1.54) is 29.2 Å². The topological polar surface area (TPSA) is 15.3 Å². The second-order valence-electron chi connectivity index (χ2n) is 5.77. The zero-order chi connectivity index (χ0) is 13.9. The molecule has 1 aliphatic carbocycles. The molecule has 0 aliphatic heterocycles. The van der Waals surface area contributed by atoms with Gasteiger partial charge in [0.2, 0.25) is 0 Å². The van der Waals surface area contributed by atoms with Crippen molar-refractivity contribution in [2.45, 2.75) is 31.8 Å². The minimum atomic E-state index is 0.417. The third-order valence-corrected chi connectivity index (χ3v) is 4.41. The molecule has 1 N–H and O–H groups in total. The van der Waals surface area contributed by atoms with Gasteiger partial charge >= 0.3 is 0 Å². The van der Waals surface area contributed by atoms with Gasteiger partial charge in [-0.2, -0.15) is 0 Å². The van der Waals surface area contributed by atoms with Gasteiger partial charge in [-0.25, -0.2) is 0 Å². The van der Waals surface area contributed by atoms with E-state index in [9.17, 15) is 0 Å². The first-order valence-corrected chi connectivity index (χ1v) is 7.72. The van der Waals surface area contributed by atoms with E-state index in [1.54, 1.807) is 0 Å². The van der Waals surface area contributed by atoms with E-state index in [1.807, 2.05) is 0 Å². The van der Waals surface area contributed by atoms with Crippen LogP contribution < -0.4 is 5.32 Å². The van der Waals surface area contributed by atoms with Gasteiger partial charge < -0.3 is 5.32 Å². The van der Waals surface area contributed by atoms with Gasteiger partial charge in [0, 0.05) is 18.6 Å². The highest BCUT2D eigenvalue weighted by atomic mass is 15.2. The molecule has 1 fully saturated rings. The maximum Gasteiger partial charge on any atom is 0.0447 e. The number of fused-ring (bicyclic) bond motifs is 1. The summed E-state index contributed by atoms with van der Waals surface area (Å²) in [5, 5.41) is 6.14. The van der Waals surface area contributed by atoms with Crippen molar-refractivity contribution in [1.29, 1.82) is 0 Å². The van der Waals surface area contributed by atoms with Gasteiger partial charge in [-0.05, 0) is 48.8 Å². The molecule has 0 aromatic heterocycles. The molecule has 1 aliphatic rings. The highest BCUT2D eigenvalue weighted by Crippen LogP contribution is 2.29. The van der Waals surface area contributed by atoms with Crippen LogP contribution in [0.3, 0.4) is 0 Å². The van der Waals surface area contributed by atoms with Crippen LogP contribution >= 0.6 is 0 Å². The molecule has 2 aromatic carbocycles. The summed E-state index contributed by atoms with van der Waals surface area (Å²) in [7, 11) is 2.07. The maximum atomic E-state index is 3.49. The van der Waals surface area contributed by atoms with Crippen molar-refractivity contribution in [3.8, 4) is 0 Å². The van der Waals surface area contributed by atoms with Crippen LogP contribution in [0.2, 0.25) is 0 Å². The summed E-state index contributed by atoms with van der Waals surface area (Å²) in [5.41, 5.74) is 1.39. The molecule has 0 amide bonds. The summed E-state index contributed by atoms with van der Waals surface area (Å²) in [6, 6.07) is 16.7. The first kappa shape index (κ1) is 13.6. The van der Waals surface area contributed by atoms with E-state index >= 15 is 0 Å². The number of likely N-dealkylation sites (N-methyl/N-ethyl adjacent to an activating group) is 2. The molecule has 20 heavy (non-hydrogen) atoms. The maximum absolute atomic E-state index is 3.49. The third-order valence-electron chi connectivity index (χ3n) is 4.41. The van der Waals surface area contributed by atoms with Crippen molar-refractivity contribution in [3.05, 3.63) is 48.0 Å². The molecule has 2 heteroatoms. The molecule has 3 rings (SSSR count). The molecule has 0 saturated heterocycles. The quantitative estimate of drug-likeness (QED) is 0.861.